The van der Waals surface area contributed by atoms with E-state index in [1.54, 1.807) is 18.3 Å². The molecule has 0 saturated carbocycles. The van der Waals surface area contributed by atoms with Crippen molar-refractivity contribution in [1.82, 2.24) is 4.98 Å². The van der Waals surface area contributed by atoms with Crippen LogP contribution in [0.25, 0.3) is 0 Å². The number of hydrogen-bond donors (Lipinski definition) is 1. The predicted octanol–water partition coefficient (Wildman–Crippen LogP) is 2.47. The molecule has 0 aliphatic carbocycles. The lowest BCUT2D eigenvalue weighted by Gasteiger charge is -2.01. The number of pyridine rings is 1. The molecule has 0 atom stereocenters. The molecule has 3 nitrogen and oxygen atoms in total. The van der Waals surface area contributed by atoms with Crippen molar-refractivity contribution in [3.05, 3.63) is 35.5 Å². The highest BCUT2D eigenvalue weighted by molar-refractivity contribution is 7.99. The quantitative estimate of drug-likeness (QED) is 0.637. The van der Waals surface area contributed by atoms with E-state index in [1.807, 2.05) is 0 Å². The van der Waals surface area contributed by atoms with E-state index in [0.29, 0.717) is 10.0 Å². The monoisotopic (exact) mass is 229 g/mol. The van der Waals surface area contributed by atoms with Crippen molar-refractivity contribution >= 4 is 29.3 Å². The Morgan fingerprint density at radius 3 is 3.00 bits per heavy atom. The Kier molecular flexibility index (Phi) is 3.98. The average Bonchev–Trinajstić information content (AvgIpc) is 2.16. The number of aliphatic carboxylic acids is 1. The van der Waals surface area contributed by atoms with Crippen LogP contribution in [0.3, 0.4) is 0 Å². The fourth-order valence-corrected chi connectivity index (χ4v) is 1.76. The molecule has 1 rings (SSSR count). The summed E-state index contributed by atoms with van der Waals surface area (Å²) in [5.74, 6) is -0.712. The van der Waals surface area contributed by atoms with Gasteiger partial charge in [0, 0.05) is 17.5 Å². The molecule has 0 aliphatic heterocycles. The number of carboxylic acids is 1. The van der Waals surface area contributed by atoms with E-state index in [2.05, 4.69) is 11.6 Å². The van der Waals surface area contributed by atoms with Crippen LogP contribution in [0, 0.1) is 0 Å². The Balaban J connectivity index is 2.58. The van der Waals surface area contributed by atoms with Crippen LogP contribution in [0.1, 0.15) is 0 Å². The summed E-state index contributed by atoms with van der Waals surface area (Å²) in [6.07, 6.45) is 1.61. The van der Waals surface area contributed by atoms with E-state index in [-0.39, 0.29) is 11.3 Å². The minimum atomic E-state index is -0.996. The van der Waals surface area contributed by atoms with E-state index in [4.69, 9.17) is 16.7 Å². The molecule has 0 fully saturated rings. The van der Waals surface area contributed by atoms with Crippen LogP contribution in [0.15, 0.2) is 35.5 Å². The molecular weight excluding hydrogens is 222 g/mol. The molecule has 1 heterocycles. The Morgan fingerprint density at radius 2 is 2.43 bits per heavy atom. The number of carbonyl (C=O) groups is 1. The third-order valence-corrected chi connectivity index (χ3v) is 2.92. The van der Waals surface area contributed by atoms with Crippen molar-refractivity contribution in [1.29, 1.82) is 0 Å². The highest BCUT2D eigenvalue weighted by atomic mass is 35.5. The second-order valence-corrected chi connectivity index (χ2v) is 3.86. The molecule has 1 aromatic heterocycles. The molecule has 5 heteroatoms. The molecular formula is C9H8ClNO2S. The maximum Gasteiger partial charge on any atom is 0.331 e. The van der Waals surface area contributed by atoms with Gasteiger partial charge in [0.15, 0.2) is 0 Å². The number of halogens is 1. The Morgan fingerprint density at radius 1 is 1.71 bits per heavy atom. The first-order valence-corrected chi connectivity index (χ1v) is 5.12. The van der Waals surface area contributed by atoms with Gasteiger partial charge in [-0.25, -0.2) is 9.78 Å². The lowest BCUT2D eigenvalue weighted by Crippen LogP contribution is -2.01. The van der Waals surface area contributed by atoms with Gasteiger partial charge in [-0.3, -0.25) is 0 Å². The molecule has 14 heavy (non-hydrogen) atoms. The molecule has 0 bridgehead atoms. The molecule has 0 aliphatic rings. The van der Waals surface area contributed by atoms with Crippen LogP contribution in [-0.4, -0.2) is 21.8 Å². The minimum Gasteiger partial charge on any atom is -0.478 e. The van der Waals surface area contributed by atoms with Gasteiger partial charge in [0.2, 0.25) is 0 Å². The normalized spacial score (nSPS) is 9.79. The first kappa shape index (κ1) is 11.1. The van der Waals surface area contributed by atoms with Crippen LogP contribution >= 0.6 is 23.4 Å². The Hall–Kier alpha value is -1.00. The van der Waals surface area contributed by atoms with E-state index < -0.39 is 5.97 Å². The first-order chi connectivity index (χ1) is 6.61. The van der Waals surface area contributed by atoms with Crippen molar-refractivity contribution in [2.45, 2.75) is 5.03 Å². The smallest absolute Gasteiger partial charge is 0.331 e. The van der Waals surface area contributed by atoms with Gasteiger partial charge in [-0.05, 0) is 12.1 Å². The number of carboxylic acid groups (broad SMARTS) is 1. The third kappa shape index (κ3) is 3.05. The van der Waals surface area contributed by atoms with Crippen molar-refractivity contribution in [2.24, 2.45) is 0 Å². The molecule has 74 valence electrons. The number of nitrogens with zero attached hydrogens (tertiary/aromatic N) is 1. The zero-order valence-electron chi connectivity index (χ0n) is 7.24. The molecule has 0 radical (unpaired) electrons. The Labute approximate surface area is 90.8 Å². The van der Waals surface area contributed by atoms with Gasteiger partial charge in [-0.15, -0.1) is 0 Å². The summed E-state index contributed by atoms with van der Waals surface area (Å²) in [7, 11) is 0. The fraction of sp³-hybridized carbons (Fsp3) is 0.111. The standard InChI is InChI=1S/C9H8ClNO2S/c1-6(9(12)13)5-14-8-7(10)3-2-4-11-8/h2-4H,1,5H2,(H,12,13). The van der Waals surface area contributed by atoms with Crippen molar-refractivity contribution < 1.29 is 9.90 Å². The third-order valence-electron chi connectivity index (χ3n) is 1.41. The van der Waals surface area contributed by atoms with Gasteiger partial charge in [-0.2, -0.15) is 0 Å². The molecule has 0 spiro atoms. The van der Waals surface area contributed by atoms with Gasteiger partial charge >= 0.3 is 5.97 Å². The van der Waals surface area contributed by atoms with E-state index in [9.17, 15) is 4.79 Å². The van der Waals surface area contributed by atoms with Gasteiger partial charge in [0.05, 0.1) is 5.02 Å². The summed E-state index contributed by atoms with van der Waals surface area (Å²) >= 11 is 7.09. The van der Waals surface area contributed by atoms with Crippen molar-refractivity contribution in [3.63, 3.8) is 0 Å². The van der Waals surface area contributed by atoms with Gasteiger partial charge < -0.3 is 5.11 Å². The van der Waals surface area contributed by atoms with Crippen LogP contribution < -0.4 is 0 Å². The summed E-state index contributed by atoms with van der Waals surface area (Å²) < 4.78 is 0. The summed E-state index contributed by atoms with van der Waals surface area (Å²) in [5.41, 5.74) is 0.136. The van der Waals surface area contributed by atoms with Crippen LogP contribution in [-0.2, 0) is 4.79 Å². The lowest BCUT2D eigenvalue weighted by molar-refractivity contribution is -0.132. The average molecular weight is 230 g/mol. The second kappa shape index (κ2) is 5.02. The summed E-state index contributed by atoms with van der Waals surface area (Å²) in [6.45, 7) is 3.41. The molecule has 0 saturated heterocycles. The fourth-order valence-electron chi connectivity index (χ4n) is 0.695. The van der Waals surface area contributed by atoms with E-state index in [0.717, 1.165) is 0 Å². The predicted molar refractivity (Wildman–Crippen MR) is 56.7 cm³/mol. The second-order valence-electron chi connectivity index (χ2n) is 2.49. The molecule has 1 aromatic rings. The van der Waals surface area contributed by atoms with E-state index >= 15 is 0 Å². The number of hydrogen-bond acceptors (Lipinski definition) is 3. The summed E-state index contributed by atoms with van der Waals surface area (Å²) in [5, 5.41) is 9.71. The summed E-state index contributed by atoms with van der Waals surface area (Å²) in [4.78, 5) is 14.4. The van der Waals surface area contributed by atoms with Gasteiger partial charge in [-0.1, -0.05) is 29.9 Å². The lowest BCUT2D eigenvalue weighted by atomic mass is 10.4. The number of thioether (sulfide) groups is 1. The highest BCUT2D eigenvalue weighted by Gasteiger charge is 2.07. The zero-order chi connectivity index (χ0) is 10.6. The number of aromatic nitrogens is 1. The van der Waals surface area contributed by atoms with Crippen LogP contribution in [0.5, 0.6) is 0 Å². The first-order valence-electron chi connectivity index (χ1n) is 3.75. The maximum atomic E-state index is 10.4. The molecule has 0 unspecified atom stereocenters. The maximum absolute atomic E-state index is 10.4. The number of rotatable bonds is 4. The van der Waals surface area contributed by atoms with Crippen molar-refractivity contribution in [3.8, 4) is 0 Å². The minimum absolute atomic E-state index is 0.136. The molecule has 1 N–H and O–H groups in total. The molecule has 0 amide bonds. The van der Waals surface area contributed by atoms with Gasteiger partial charge in [0.1, 0.15) is 5.03 Å². The highest BCUT2D eigenvalue weighted by Crippen LogP contribution is 2.25. The van der Waals surface area contributed by atoms with Crippen LogP contribution in [0.4, 0.5) is 0 Å². The molecule has 0 aromatic carbocycles. The Bertz CT molecular complexity index is 368. The zero-order valence-corrected chi connectivity index (χ0v) is 8.81. The van der Waals surface area contributed by atoms with Crippen molar-refractivity contribution in [2.75, 3.05) is 5.75 Å². The van der Waals surface area contributed by atoms with Gasteiger partial charge in [0.25, 0.3) is 0 Å². The SMILES string of the molecule is C=C(CSc1ncccc1Cl)C(=O)O. The topological polar surface area (TPSA) is 50.2 Å². The summed E-state index contributed by atoms with van der Waals surface area (Å²) in [6, 6.07) is 3.43. The largest absolute Gasteiger partial charge is 0.478 e. The van der Waals surface area contributed by atoms with E-state index in [1.165, 1.54) is 11.8 Å². The van der Waals surface area contributed by atoms with Crippen LogP contribution in [0.2, 0.25) is 5.02 Å².